The van der Waals surface area contributed by atoms with Crippen molar-refractivity contribution in [1.82, 2.24) is 4.57 Å². The molecule has 0 spiro atoms. The van der Waals surface area contributed by atoms with Crippen molar-refractivity contribution in [2.75, 3.05) is 5.32 Å². The minimum absolute atomic E-state index is 0.00525. The highest BCUT2D eigenvalue weighted by Gasteiger charge is 2.43. The fourth-order valence-corrected chi connectivity index (χ4v) is 13.8. The van der Waals surface area contributed by atoms with E-state index in [1.807, 2.05) is 0 Å². The normalized spacial score (nSPS) is 15.9. The SMILES string of the molecule is CC(C)(C)c1ccc(Nc2cc3c(cc2-c2cc(C(c4ccccc4)c4ccccc4)c4c5c6ccccc6ccc5n5c4c2Bc2cc(C(C)(C)C)ccc2-5)C(C)(C)c2cc4c(cc2-3)C(C)(C)CCC4(C)C)cc1. The fraction of sp³-hybridized carbons (Fsp3) is 0.278. The number of hydrogen-bond acceptors (Lipinski definition) is 1. The highest BCUT2D eigenvalue weighted by molar-refractivity contribution is 6.73. The van der Waals surface area contributed by atoms with Gasteiger partial charge in [0.15, 0.2) is 7.28 Å². The van der Waals surface area contributed by atoms with Gasteiger partial charge in [-0.05, 0) is 166 Å². The van der Waals surface area contributed by atoms with E-state index in [9.17, 15) is 0 Å². The average molecular weight is 975 g/mol. The summed E-state index contributed by atoms with van der Waals surface area (Å²) in [6, 6.07) is 66.0. The third-order valence-corrected chi connectivity index (χ3v) is 18.3. The van der Waals surface area contributed by atoms with Crippen LogP contribution < -0.4 is 16.2 Å². The summed E-state index contributed by atoms with van der Waals surface area (Å²) in [4.78, 5) is 0. The lowest BCUT2D eigenvalue weighted by Crippen LogP contribution is -2.38. The molecule has 1 aromatic heterocycles. The maximum Gasteiger partial charge on any atom is 0.198 e. The summed E-state index contributed by atoms with van der Waals surface area (Å²) in [5.41, 5.74) is 26.6. The standard InChI is InChI=1S/C72H71BN2/c1-68(2,3)46-28-31-48(32-29-46)74-60-41-51-50-39-57-58(71(9,10)36-35-70(57,7)8)42-56(50)72(11,12)55(51)40-52(60)53-38-54(63(44-22-15-13-16-23-44)45-24-17-14-18-25-45)65-64-49-26-20-19-21-43(49)27-33-62(64)75-61-34-30-47(69(4,5)6)37-59(61)73-66(53)67(65)75/h13-34,37-42,63,73-74H,35-36H2,1-12H3. The van der Waals surface area contributed by atoms with Crippen LogP contribution in [0.25, 0.3) is 60.5 Å². The predicted octanol–water partition coefficient (Wildman–Crippen LogP) is 17.5. The van der Waals surface area contributed by atoms with Crippen LogP contribution in [0, 0.1) is 0 Å². The van der Waals surface area contributed by atoms with E-state index in [0.29, 0.717) is 0 Å². The Bertz CT molecular complexity index is 3930. The molecule has 0 saturated carbocycles. The second-order valence-corrected chi connectivity index (χ2v) is 26.5. The molecule has 2 heterocycles. The van der Waals surface area contributed by atoms with Crippen molar-refractivity contribution in [2.45, 2.75) is 129 Å². The molecule has 3 aliphatic rings. The van der Waals surface area contributed by atoms with Gasteiger partial charge >= 0.3 is 0 Å². The average Bonchev–Trinajstić information content (AvgIpc) is 3.85. The number of fused-ring (bicyclic) bond motifs is 11. The van der Waals surface area contributed by atoms with Crippen molar-refractivity contribution in [1.29, 1.82) is 0 Å². The van der Waals surface area contributed by atoms with Crippen LogP contribution in [0.3, 0.4) is 0 Å². The van der Waals surface area contributed by atoms with Crippen molar-refractivity contribution in [2.24, 2.45) is 0 Å². The van der Waals surface area contributed by atoms with Gasteiger partial charge in [0, 0.05) is 50.2 Å². The summed E-state index contributed by atoms with van der Waals surface area (Å²) in [6.07, 6.45) is 2.38. The lowest BCUT2D eigenvalue weighted by molar-refractivity contribution is 0.331. The van der Waals surface area contributed by atoms with E-state index in [4.69, 9.17) is 0 Å². The molecule has 0 fully saturated rings. The van der Waals surface area contributed by atoms with Crippen molar-refractivity contribution in [3.63, 3.8) is 0 Å². The first kappa shape index (κ1) is 47.6. The molecule has 3 heteroatoms. The number of rotatable bonds is 6. The lowest BCUT2D eigenvalue weighted by Gasteiger charge is -2.42. The molecule has 75 heavy (non-hydrogen) atoms. The fourth-order valence-electron chi connectivity index (χ4n) is 13.8. The number of hydrogen-bond donors (Lipinski definition) is 1. The zero-order valence-electron chi connectivity index (χ0n) is 46.3. The molecule has 0 unspecified atom stereocenters. The molecule has 1 N–H and O–H groups in total. The Labute approximate surface area is 446 Å². The van der Waals surface area contributed by atoms with Gasteiger partial charge < -0.3 is 9.88 Å². The van der Waals surface area contributed by atoms with Gasteiger partial charge in [0.05, 0.1) is 5.52 Å². The highest BCUT2D eigenvalue weighted by Crippen LogP contribution is 2.57. The number of nitrogens with zero attached hydrogens (tertiary/aromatic N) is 1. The van der Waals surface area contributed by atoms with Crippen LogP contribution in [0.1, 0.15) is 152 Å². The third kappa shape index (κ3) is 7.42. The van der Waals surface area contributed by atoms with Gasteiger partial charge in [-0.2, -0.15) is 0 Å². The first-order chi connectivity index (χ1) is 35.7. The number of anilines is 2. The molecule has 9 aromatic carbocycles. The van der Waals surface area contributed by atoms with E-state index in [-0.39, 0.29) is 33.0 Å². The summed E-state index contributed by atoms with van der Waals surface area (Å²) in [6.45, 7) is 28.8. The van der Waals surface area contributed by atoms with Crippen LogP contribution >= 0.6 is 0 Å². The molecule has 0 bridgehead atoms. The molecule has 0 atom stereocenters. The monoisotopic (exact) mass is 975 g/mol. The second-order valence-electron chi connectivity index (χ2n) is 26.5. The number of nitrogens with one attached hydrogen (secondary N) is 1. The summed E-state index contributed by atoms with van der Waals surface area (Å²) in [7, 11) is 0.818. The third-order valence-electron chi connectivity index (χ3n) is 18.3. The Balaban J connectivity index is 1.18. The number of aromatic nitrogens is 1. The van der Waals surface area contributed by atoms with Crippen LogP contribution in [-0.4, -0.2) is 11.8 Å². The van der Waals surface area contributed by atoms with E-state index in [0.717, 1.165) is 18.7 Å². The van der Waals surface area contributed by atoms with Gasteiger partial charge in [-0.15, -0.1) is 0 Å². The second kappa shape index (κ2) is 16.5. The smallest absolute Gasteiger partial charge is 0.198 e. The summed E-state index contributed by atoms with van der Waals surface area (Å²) in [5.74, 6) is -0.0441. The van der Waals surface area contributed by atoms with E-state index >= 15 is 0 Å². The Hall–Kier alpha value is -7.10. The molecule has 2 nitrogen and oxygen atoms in total. The van der Waals surface area contributed by atoms with Crippen LogP contribution in [-0.2, 0) is 27.1 Å². The minimum Gasteiger partial charge on any atom is -0.355 e. The van der Waals surface area contributed by atoms with Crippen LogP contribution in [0.5, 0.6) is 0 Å². The van der Waals surface area contributed by atoms with Gasteiger partial charge in [-0.25, -0.2) is 0 Å². The van der Waals surface area contributed by atoms with Gasteiger partial charge in [-0.1, -0.05) is 210 Å². The van der Waals surface area contributed by atoms with E-state index < -0.39 is 0 Å². The largest absolute Gasteiger partial charge is 0.355 e. The molecule has 0 amide bonds. The molecule has 372 valence electrons. The van der Waals surface area contributed by atoms with Gasteiger partial charge in [0.1, 0.15) is 0 Å². The topological polar surface area (TPSA) is 17.0 Å². The highest BCUT2D eigenvalue weighted by atomic mass is 15.0. The van der Waals surface area contributed by atoms with Crippen molar-refractivity contribution in [3.05, 3.63) is 220 Å². The van der Waals surface area contributed by atoms with Gasteiger partial charge in [0.2, 0.25) is 0 Å². The molecule has 2 aliphatic carbocycles. The Morgan fingerprint density at radius 3 is 1.73 bits per heavy atom. The minimum atomic E-state index is -0.234. The summed E-state index contributed by atoms with van der Waals surface area (Å²) in [5, 5.41) is 9.39. The van der Waals surface area contributed by atoms with Crippen LogP contribution in [0.2, 0.25) is 0 Å². The van der Waals surface area contributed by atoms with Gasteiger partial charge in [0.25, 0.3) is 0 Å². The molecular weight excluding hydrogens is 904 g/mol. The van der Waals surface area contributed by atoms with Crippen LogP contribution in [0.15, 0.2) is 170 Å². The van der Waals surface area contributed by atoms with E-state index in [2.05, 4.69) is 263 Å². The van der Waals surface area contributed by atoms with E-state index in [1.165, 1.54) is 134 Å². The van der Waals surface area contributed by atoms with Crippen molar-refractivity contribution >= 4 is 62.2 Å². The first-order valence-electron chi connectivity index (χ1n) is 27.7. The van der Waals surface area contributed by atoms with Gasteiger partial charge in [-0.3, -0.25) is 0 Å². The maximum absolute atomic E-state index is 4.17. The lowest BCUT2D eigenvalue weighted by atomic mass is 9.57. The molecule has 10 aromatic rings. The quantitative estimate of drug-likeness (QED) is 0.130. The number of benzene rings is 9. The zero-order valence-corrected chi connectivity index (χ0v) is 46.3. The molecule has 0 radical (unpaired) electrons. The molecular formula is C72H71BN2. The maximum atomic E-state index is 4.17. The Morgan fingerprint density at radius 1 is 0.507 bits per heavy atom. The zero-order chi connectivity index (χ0) is 52.1. The first-order valence-corrected chi connectivity index (χ1v) is 27.7. The predicted molar refractivity (Wildman–Crippen MR) is 324 cm³/mol. The van der Waals surface area contributed by atoms with E-state index in [1.54, 1.807) is 0 Å². The molecule has 0 saturated heterocycles. The summed E-state index contributed by atoms with van der Waals surface area (Å²) < 4.78 is 2.66. The molecule has 13 rings (SSSR count). The van der Waals surface area contributed by atoms with Crippen molar-refractivity contribution in [3.8, 4) is 27.9 Å². The molecule has 1 aliphatic heterocycles. The van der Waals surface area contributed by atoms with Crippen molar-refractivity contribution < 1.29 is 0 Å². The van der Waals surface area contributed by atoms with Crippen LogP contribution in [0.4, 0.5) is 11.4 Å². The Morgan fingerprint density at radius 2 is 1.08 bits per heavy atom. The Kier molecular flexibility index (Phi) is 10.4. The summed E-state index contributed by atoms with van der Waals surface area (Å²) >= 11 is 0.